The highest BCUT2D eigenvalue weighted by molar-refractivity contribution is 5.61. The van der Waals surface area contributed by atoms with E-state index in [9.17, 15) is 9.90 Å². The molecule has 5 nitrogen and oxygen atoms in total. The molecule has 0 atom stereocenters. The van der Waals surface area contributed by atoms with Gasteiger partial charge in [0.05, 0.1) is 13.2 Å². The van der Waals surface area contributed by atoms with E-state index >= 15 is 0 Å². The van der Waals surface area contributed by atoms with Gasteiger partial charge >= 0.3 is 0 Å². The van der Waals surface area contributed by atoms with Crippen LogP contribution in [0.1, 0.15) is 0 Å². The molecule has 0 aromatic carbocycles. The largest absolute Gasteiger partial charge is 0.530 e. The minimum absolute atomic E-state index is 0.252. The van der Waals surface area contributed by atoms with Crippen molar-refractivity contribution in [1.29, 1.82) is 0 Å². The third kappa shape index (κ3) is 7.19. The monoisotopic (exact) mass is 147 g/mol. The summed E-state index contributed by atoms with van der Waals surface area (Å²) in [5.74, 6) is 0. The van der Waals surface area contributed by atoms with Gasteiger partial charge < -0.3 is 25.7 Å². The molecule has 10 heavy (non-hydrogen) atoms. The first kappa shape index (κ1) is 9.19. The molecule has 0 aromatic rings. The van der Waals surface area contributed by atoms with Gasteiger partial charge in [0.2, 0.25) is 0 Å². The van der Waals surface area contributed by atoms with E-state index in [4.69, 9.17) is 10.5 Å². The predicted molar refractivity (Wildman–Crippen MR) is 33.3 cm³/mol. The predicted octanol–water partition coefficient (Wildman–Crippen LogP) is -2.11. The van der Waals surface area contributed by atoms with Crippen molar-refractivity contribution < 1.29 is 14.6 Å². The fourth-order valence-electron chi connectivity index (χ4n) is 0.411. The number of carbonyl (C=O) groups excluding carboxylic acids is 1. The lowest BCUT2D eigenvalue weighted by molar-refractivity contribution is -0.250. The summed E-state index contributed by atoms with van der Waals surface area (Å²) in [4.78, 5) is 9.73. The SMILES string of the molecule is NCCOCCNC(=O)[O-]. The molecule has 0 spiro atoms. The maximum absolute atomic E-state index is 9.73. The molecule has 0 saturated heterocycles. The van der Waals surface area contributed by atoms with Gasteiger partial charge in [-0.05, 0) is 0 Å². The number of carbonyl (C=O) groups is 1. The van der Waals surface area contributed by atoms with Crippen molar-refractivity contribution >= 4 is 6.09 Å². The van der Waals surface area contributed by atoms with Crippen LogP contribution in [0.25, 0.3) is 0 Å². The number of rotatable bonds is 5. The number of nitrogens with two attached hydrogens (primary N) is 1. The summed E-state index contributed by atoms with van der Waals surface area (Å²) in [5.41, 5.74) is 5.10. The fraction of sp³-hybridized carbons (Fsp3) is 0.800. The first-order valence-electron chi connectivity index (χ1n) is 3.00. The van der Waals surface area contributed by atoms with Gasteiger partial charge in [0.1, 0.15) is 6.09 Å². The third-order valence-corrected chi connectivity index (χ3v) is 0.778. The number of amides is 1. The van der Waals surface area contributed by atoms with Gasteiger partial charge in [-0.15, -0.1) is 0 Å². The van der Waals surface area contributed by atoms with Crippen molar-refractivity contribution in [3.05, 3.63) is 0 Å². The van der Waals surface area contributed by atoms with Gasteiger partial charge in [0.25, 0.3) is 0 Å². The second kappa shape index (κ2) is 6.31. The first-order chi connectivity index (χ1) is 4.77. The highest BCUT2D eigenvalue weighted by Crippen LogP contribution is 1.68. The van der Waals surface area contributed by atoms with Gasteiger partial charge in [-0.1, -0.05) is 0 Å². The molecule has 0 aliphatic carbocycles. The lowest BCUT2D eigenvalue weighted by Gasteiger charge is -2.05. The zero-order valence-electron chi connectivity index (χ0n) is 5.63. The Bertz CT molecular complexity index is 96.9. The van der Waals surface area contributed by atoms with Crippen LogP contribution in [0, 0.1) is 0 Å². The summed E-state index contributed by atoms with van der Waals surface area (Å²) in [6.45, 7) is 1.49. The Labute approximate surface area is 59.2 Å². The van der Waals surface area contributed by atoms with E-state index in [0.717, 1.165) is 0 Å². The second-order valence-corrected chi connectivity index (χ2v) is 1.62. The molecule has 0 saturated carbocycles. The fourth-order valence-corrected chi connectivity index (χ4v) is 0.411. The molecular weight excluding hydrogens is 136 g/mol. The van der Waals surface area contributed by atoms with E-state index in [-0.39, 0.29) is 6.54 Å². The van der Waals surface area contributed by atoms with Crippen molar-refractivity contribution in [2.24, 2.45) is 5.73 Å². The number of ether oxygens (including phenoxy) is 1. The molecule has 0 rings (SSSR count). The van der Waals surface area contributed by atoms with Crippen molar-refractivity contribution in [3.63, 3.8) is 0 Å². The van der Waals surface area contributed by atoms with Crippen LogP contribution in [0.15, 0.2) is 0 Å². The number of carboxylic acid groups (broad SMARTS) is 1. The molecule has 0 aliphatic rings. The Kier molecular flexibility index (Phi) is 5.80. The van der Waals surface area contributed by atoms with Crippen LogP contribution in [0.5, 0.6) is 0 Å². The average Bonchev–Trinajstić information content (AvgIpc) is 1.87. The molecule has 0 radical (unpaired) electrons. The van der Waals surface area contributed by atoms with Gasteiger partial charge in [-0.25, -0.2) is 0 Å². The highest BCUT2D eigenvalue weighted by atomic mass is 16.5. The summed E-state index contributed by atoms with van der Waals surface area (Å²) in [6.07, 6.45) is -1.28. The maximum atomic E-state index is 9.73. The summed E-state index contributed by atoms with van der Waals surface area (Å²) >= 11 is 0. The smallest absolute Gasteiger partial charge is 0.134 e. The van der Waals surface area contributed by atoms with Crippen LogP contribution in [0.2, 0.25) is 0 Å². The second-order valence-electron chi connectivity index (χ2n) is 1.62. The van der Waals surface area contributed by atoms with Crippen LogP contribution < -0.4 is 16.2 Å². The Morgan fingerprint density at radius 2 is 2.30 bits per heavy atom. The minimum Gasteiger partial charge on any atom is -0.530 e. The average molecular weight is 147 g/mol. The molecule has 60 valence electrons. The minimum atomic E-state index is -1.28. The Morgan fingerprint density at radius 3 is 2.80 bits per heavy atom. The van der Waals surface area contributed by atoms with Gasteiger partial charge in [0, 0.05) is 13.1 Å². The number of nitrogens with one attached hydrogen (secondary N) is 1. The quantitative estimate of drug-likeness (QED) is 0.436. The zero-order chi connectivity index (χ0) is 7.82. The lowest BCUT2D eigenvalue weighted by atomic mass is 10.6. The molecule has 5 heteroatoms. The standard InChI is InChI=1S/C5H12N2O3/c6-1-3-10-4-2-7-5(8)9/h7H,1-4,6H2,(H,8,9)/p-1. The molecule has 0 unspecified atom stereocenters. The van der Waals surface area contributed by atoms with E-state index in [1.807, 2.05) is 5.32 Å². The van der Waals surface area contributed by atoms with Crippen LogP contribution in [-0.4, -0.2) is 32.4 Å². The summed E-state index contributed by atoms with van der Waals surface area (Å²) < 4.78 is 4.85. The molecule has 3 N–H and O–H groups in total. The molecule has 0 aliphatic heterocycles. The Balaban J connectivity index is 2.84. The lowest BCUT2D eigenvalue weighted by Crippen LogP contribution is -2.38. The van der Waals surface area contributed by atoms with Crippen molar-refractivity contribution in [3.8, 4) is 0 Å². The van der Waals surface area contributed by atoms with Crippen molar-refractivity contribution in [2.45, 2.75) is 0 Å². The van der Waals surface area contributed by atoms with Crippen molar-refractivity contribution in [1.82, 2.24) is 5.32 Å². The molecule has 1 amide bonds. The zero-order valence-corrected chi connectivity index (χ0v) is 5.63. The van der Waals surface area contributed by atoms with Gasteiger partial charge in [-0.3, -0.25) is 0 Å². The van der Waals surface area contributed by atoms with Crippen LogP contribution in [0.4, 0.5) is 4.79 Å². The van der Waals surface area contributed by atoms with E-state index in [2.05, 4.69) is 0 Å². The van der Waals surface area contributed by atoms with Crippen LogP contribution >= 0.6 is 0 Å². The Hall–Kier alpha value is -0.810. The van der Waals surface area contributed by atoms with Crippen LogP contribution in [0.3, 0.4) is 0 Å². The van der Waals surface area contributed by atoms with E-state index in [1.165, 1.54) is 0 Å². The summed E-state index contributed by atoms with van der Waals surface area (Å²) in [7, 11) is 0. The molecule has 0 bridgehead atoms. The van der Waals surface area contributed by atoms with E-state index < -0.39 is 6.09 Å². The molecule has 0 aromatic heterocycles. The van der Waals surface area contributed by atoms with Crippen molar-refractivity contribution in [2.75, 3.05) is 26.3 Å². The van der Waals surface area contributed by atoms with Gasteiger partial charge in [0.15, 0.2) is 0 Å². The molecular formula is C5H11N2O3-. The van der Waals surface area contributed by atoms with E-state index in [1.54, 1.807) is 0 Å². The molecule has 0 heterocycles. The summed E-state index contributed by atoms with van der Waals surface area (Å²) in [6, 6.07) is 0. The molecule has 0 fully saturated rings. The number of hydrogen-bond acceptors (Lipinski definition) is 4. The topological polar surface area (TPSA) is 87.4 Å². The maximum Gasteiger partial charge on any atom is 0.134 e. The highest BCUT2D eigenvalue weighted by Gasteiger charge is 1.84. The third-order valence-electron chi connectivity index (χ3n) is 0.778. The van der Waals surface area contributed by atoms with Gasteiger partial charge in [-0.2, -0.15) is 0 Å². The van der Waals surface area contributed by atoms with Crippen LogP contribution in [-0.2, 0) is 4.74 Å². The Morgan fingerprint density at radius 1 is 1.60 bits per heavy atom. The van der Waals surface area contributed by atoms with E-state index in [0.29, 0.717) is 19.8 Å². The normalized spacial score (nSPS) is 9.30. The first-order valence-corrected chi connectivity index (χ1v) is 3.00. The number of hydrogen-bond donors (Lipinski definition) is 2. The summed E-state index contributed by atoms with van der Waals surface area (Å²) in [5, 5.41) is 11.8.